The van der Waals surface area contributed by atoms with Crippen LogP contribution in [-0.4, -0.2) is 46.4 Å². The number of benzene rings is 1. The van der Waals surface area contributed by atoms with Crippen LogP contribution in [0.15, 0.2) is 17.0 Å². The van der Waals surface area contributed by atoms with Crippen LogP contribution in [0.1, 0.15) is 6.42 Å². The molecule has 0 atom stereocenters. The van der Waals surface area contributed by atoms with Crippen molar-refractivity contribution < 1.29 is 22.3 Å². The number of nitrogens with zero attached hydrogens (tertiary/aromatic N) is 1. The van der Waals surface area contributed by atoms with E-state index >= 15 is 0 Å². The summed E-state index contributed by atoms with van der Waals surface area (Å²) in [6, 6.07) is 1.95. The van der Waals surface area contributed by atoms with E-state index in [2.05, 4.69) is 5.32 Å². The number of amides is 1. The van der Waals surface area contributed by atoms with Crippen molar-refractivity contribution in [2.75, 3.05) is 33.5 Å². The maximum atomic E-state index is 13.7. The Labute approximate surface area is 122 Å². The predicted molar refractivity (Wildman–Crippen MR) is 75.9 cm³/mol. The number of carbonyl (C=O) groups is 1. The van der Waals surface area contributed by atoms with Gasteiger partial charge in [-0.1, -0.05) is 0 Å². The molecular weight excluding hydrogens is 301 g/mol. The van der Waals surface area contributed by atoms with E-state index in [0.29, 0.717) is 0 Å². The highest BCUT2D eigenvalue weighted by Gasteiger charge is 2.24. The van der Waals surface area contributed by atoms with Gasteiger partial charge in [0.1, 0.15) is 0 Å². The second kappa shape index (κ2) is 6.72. The van der Waals surface area contributed by atoms with Crippen LogP contribution in [0.4, 0.5) is 10.1 Å². The van der Waals surface area contributed by atoms with Gasteiger partial charge in [0.25, 0.3) is 0 Å². The number of rotatable bonds is 6. The van der Waals surface area contributed by atoms with Gasteiger partial charge < -0.3 is 15.8 Å². The van der Waals surface area contributed by atoms with Crippen molar-refractivity contribution in [3.63, 3.8) is 0 Å². The number of halogens is 1. The van der Waals surface area contributed by atoms with Crippen molar-refractivity contribution in [1.82, 2.24) is 9.62 Å². The average molecular weight is 319 g/mol. The molecule has 0 aliphatic rings. The Kier molecular flexibility index (Phi) is 5.50. The third-order valence-electron chi connectivity index (χ3n) is 2.89. The molecule has 21 heavy (non-hydrogen) atoms. The van der Waals surface area contributed by atoms with E-state index in [4.69, 9.17) is 10.5 Å². The normalized spacial score (nSPS) is 11.5. The van der Waals surface area contributed by atoms with Crippen LogP contribution >= 0.6 is 0 Å². The number of ether oxygens (including phenoxy) is 1. The van der Waals surface area contributed by atoms with E-state index in [1.54, 1.807) is 0 Å². The molecule has 7 nitrogen and oxygen atoms in total. The smallest absolute Gasteiger partial charge is 0.243 e. The summed E-state index contributed by atoms with van der Waals surface area (Å²) in [7, 11) is 0.0564. The number of hydrogen-bond donors (Lipinski definition) is 2. The van der Waals surface area contributed by atoms with Crippen LogP contribution in [0.5, 0.6) is 5.75 Å². The fraction of sp³-hybridized carbons (Fsp3) is 0.417. The van der Waals surface area contributed by atoms with Gasteiger partial charge in [0.2, 0.25) is 15.9 Å². The Balaban J connectivity index is 3.05. The molecule has 0 aromatic heterocycles. The molecule has 0 aliphatic heterocycles. The molecule has 118 valence electrons. The molecule has 1 amide bonds. The van der Waals surface area contributed by atoms with Crippen molar-refractivity contribution in [1.29, 1.82) is 0 Å². The Bertz CT molecular complexity index is 610. The fourth-order valence-corrected chi connectivity index (χ4v) is 2.86. The van der Waals surface area contributed by atoms with Crippen LogP contribution in [0.3, 0.4) is 0 Å². The molecule has 1 rings (SSSR count). The number of nitrogens with one attached hydrogen (secondary N) is 1. The maximum absolute atomic E-state index is 13.7. The molecule has 1 aromatic rings. The van der Waals surface area contributed by atoms with Gasteiger partial charge in [-0.25, -0.2) is 17.1 Å². The lowest BCUT2D eigenvalue weighted by Gasteiger charge is -2.17. The van der Waals surface area contributed by atoms with Gasteiger partial charge >= 0.3 is 0 Å². The largest absolute Gasteiger partial charge is 0.492 e. The summed E-state index contributed by atoms with van der Waals surface area (Å²) in [4.78, 5) is 10.8. The lowest BCUT2D eigenvalue weighted by atomic mass is 10.3. The first kappa shape index (κ1) is 17.2. The van der Waals surface area contributed by atoms with Gasteiger partial charge in [-0.05, 0) is 12.1 Å². The first-order chi connectivity index (χ1) is 9.73. The summed E-state index contributed by atoms with van der Waals surface area (Å²) in [5.41, 5.74) is 5.45. The Morgan fingerprint density at radius 3 is 2.57 bits per heavy atom. The summed E-state index contributed by atoms with van der Waals surface area (Å²) < 4.78 is 44.0. The monoisotopic (exact) mass is 319 g/mol. The minimum atomic E-state index is -3.94. The molecular formula is C12H18FN3O4S. The molecule has 0 bridgehead atoms. The quantitative estimate of drug-likeness (QED) is 0.728. The highest BCUT2D eigenvalue weighted by Crippen LogP contribution is 2.29. The lowest BCUT2D eigenvalue weighted by molar-refractivity contribution is -0.120. The van der Waals surface area contributed by atoms with E-state index in [1.165, 1.54) is 21.2 Å². The predicted octanol–water partition coefficient (Wildman–Crippen LogP) is 0.173. The zero-order chi connectivity index (χ0) is 16.2. The van der Waals surface area contributed by atoms with E-state index < -0.39 is 15.8 Å². The van der Waals surface area contributed by atoms with Gasteiger partial charge in [0.05, 0.1) is 17.7 Å². The van der Waals surface area contributed by atoms with Gasteiger partial charge in [0.15, 0.2) is 11.6 Å². The molecule has 0 saturated carbocycles. The minimum Gasteiger partial charge on any atom is -0.492 e. The highest BCUT2D eigenvalue weighted by molar-refractivity contribution is 7.89. The van der Waals surface area contributed by atoms with Crippen molar-refractivity contribution >= 4 is 21.6 Å². The number of carbonyl (C=O) groups excluding carboxylic acids is 1. The van der Waals surface area contributed by atoms with Crippen molar-refractivity contribution in [2.24, 2.45) is 0 Å². The van der Waals surface area contributed by atoms with Gasteiger partial charge in [-0.2, -0.15) is 0 Å². The summed E-state index contributed by atoms with van der Waals surface area (Å²) in [6.45, 7) is -0.0322. The zero-order valence-corrected chi connectivity index (χ0v) is 12.8. The summed E-state index contributed by atoms with van der Waals surface area (Å²) >= 11 is 0. The van der Waals surface area contributed by atoms with Crippen LogP contribution in [0.25, 0.3) is 0 Å². The zero-order valence-electron chi connectivity index (χ0n) is 12.0. The SMILES string of the molecule is CNC(=O)CCN(C)S(=O)(=O)c1cc(N)c(OC)c(F)c1. The third kappa shape index (κ3) is 3.82. The number of nitrogen functional groups attached to an aromatic ring is 1. The summed E-state index contributed by atoms with van der Waals surface area (Å²) in [5.74, 6) is -1.37. The maximum Gasteiger partial charge on any atom is 0.243 e. The first-order valence-corrected chi connectivity index (χ1v) is 7.48. The third-order valence-corrected chi connectivity index (χ3v) is 4.73. The van der Waals surface area contributed by atoms with Gasteiger partial charge in [0, 0.05) is 27.1 Å². The van der Waals surface area contributed by atoms with E-state index in [-0.39, 0.29) is 35.2 Å². The minimum absolute atomic E-state index is 0.000346. The standard InChI is InChI=1S/C12H18FN3O4S/c1-15-11(17)4-5-16(2)21(18,19)8-6-9(13)12(20-3)10(14)7-8/h6-7H,4-5,14H2,1-3H3,(H,15,17). The van der Waals surface area contributed by atoms with Crippen molar-refractivity contribution in [3.8, 4) is 5.75 Å². The van der Waals surface area contributed by atoms with Crippen molar-refractivity contribution in [2.45, 2.75) is 11.3 Å². The van der Waals surface area contributed by atoms with Crippen LogP contribution in [0, 0.1) is 5.82 Å². The number of hydrogen-bond acceptors (Lipinski definition) is 5. The van der Waals surface area contributed by atoms with E-state index in [0.717, 1.165) is 16.4 Å². The molecule has 0 spiro atoms. The molecule has 0 saturated heterocycles. The first-order valence-electron chi connectivity index (χ1n) is 6.04. The molecule has 3 N–H and O–H groups in total. The molecule has 0 heterocycles. The van der Waals surface area contributed by atoms with Crippen LogP contribution in [-0.2, 0) is 14.8 Å². The lowest BCUT2D eigenvalue weighted by Crippen LogP contribution is -2.31. The van der Waals surface area contributed by atoms with E-state index in [1.807, 2.05) is 0 Å². The second-order valence-corrected chi connectivity index (χ2v) is 6.32. The summed E-state index contributed by atoms with van der Waals surface area (Å²) in [5, 5.41) is 2.39. The Morgan fingerprint density at radius 1 is 1.48 bits per heavy atom. The molecule has 9 heteroatoms. The second-order valence-electron chi connectivity index (χ2n) is 4.28. The number of methoxy groups -OCH3 is 1. The number of sulfonamides is 1. The molecule has 0 unspecified atom stereocenters. The number of nitrogens with two attached hydrogens (primary N) is 1. The highest BCUT2D eigenvalue weighted by atomic mass is 32.2. The molecule has 0 aliphatic carbocycles. The van der Waals surface area contributed by atoms with E-state index in [9.17, 15) is 17.6 Å². The van der Waals surface area contributed by atoms with Gasteiger partial charge in [-0.15, -0.1) is 0 Å². The Morgan fingerprint density at radius 2 is 2.10 bits per heavy atom. The van der Waals surface area contributed by atoms with Gasteiger partial charge in [-0.3, -0.25) is 4.79 Å². The molecule has 1 aromatic carbocycles. The molecule has 0 radical (unpaired) electrons. The number of anilines is 1. The summed E-state index contributed by atoms with van der Waals surface area (Å²) in [6.07, 6.45) is 0.000346. The fourth-order valence-electron chi connectivity index (χ4n) is 1.64. The average Bonchev–Trinajstić information content (AvgIpc) is 2.43. The topological polar surface area (TPSA) is 102 Å². The molecule has 0 fully saturated rings. The van der Waals surface area contributed by atoms with Crippen LogP contribution in [0.2, 0.25) is 0 Å². The Hall–Kier alpha value is -1.87. The van der Waals surface area contributed by atoms with Crippen molar-refractivity contribution in [3.05, 3.63) is 17.9 Å². The van der Waals surface area contributed by atoms with Crippen LogP contribution < -0.4 is 15.8 Å².